The van der Waals surface area contributed by atoms with Crippen molar-refractivity contribution in [2.45, 2.75) is 32.6 Å². The summed E-state index contributed by atoms with van der Waals surface area (Å²) in [6.07, 6.45) is 4.36. The van der Waals surface area contributed by atoms with Crippen LogP contribution < -0.4 is 11.1 Å². The zero-order chi connectivity index (χ0) is 13.2. The largest absolute Gasteiger partial charge is 0.370 e. The number of nitrogens with two attached hydrogens (primary N) is 1. The molecule has 1 rings (SSSR count). The second-order valence-corrected chi connectivity index (χ2v) is 5.20. The number of guanidine groups is 1. The van der Waals surface area contributed by atoms with Crippen LogP contribution in [0.3, 0.4) is 0 Å². The number of hydrogen-bond acceptors (Lipinski definition) is 1. The third-order valence-corrected chi connectivity index (χ3v) is 3.12. The molecule has 0 aliphatic heterocycles. The number of benzene rings is 1. The molecule has 0 saturated heterocycles. The summed E-state index contributed by atoms with van der Waals surface area (Å²) in [7, 11) is 0. The Hall–Kier alpha value is -1.03. The molecule has 0 heterocycles. The third-order valence-electron chi connectivity index (χ3n) is 2.63. The van der Waals surface area contributed by atoms with Crippen molar-refractivity contribution >= 4 is 21.9 Å². The van der Waals surface area contributed by atoms with Gasteiger partial charge in [0, 0.05) is 17.6 Å². The van der Waals surface area contributed by atoms with E-state index in [-0.39, 0.29) is 0 Å². The molecule has 0 bridgehead atoms. The lowest BCUT2D eigenvalue weighted by atomic mass is 10.1. The molecule has 0 spiro atoms. The number of halogens is 1. The summed E-state index contributed by atoms with van der Waals surface area (Å²) in [6, 6.07) is 8.38. The first-order chi connectivity index (χ1) is 8.72. The van der Waals surface area contributed by atoms with Crippen LogP contribution in [0.15, 0.2) is 33.7 Å². The minimum absolute atomic E-state index is 0.567. The first-order valence-corrected chi connectivity index (χ1v) is 7.30. The molecule has 3 N–H and O–H groups in total. The fourth-order valence-corrected chi connectivity index (χ4v) is 2.07. The van der Waals surface area contributed by atoms with Crippen molar-refractivity contribution in [3.63, 3.8) is 0 Å². The molecule has 0 unspecified atom stereocenters. The van der Waals surface area contributed by atoms with Crippen molar-refractivity contribution < 1.29 is 0 Å². The van der Waals surface area contributed by atoms with Gasteiger partial charge in [-0.3, -0.25) is 4.99 Å². The molecular formula is C14H22BrN3. The molecule has 100 valence electrons. The van der Waals surface area contributed by atoms with Crippen LogP contribution in [-0.4, -0.2) is 19.0 Å². The molecule has 1 aromatic carbocycles. The summed E-state index contributed by atoms with van der Waals surface area (Å²) in [5.41, 5.74) is 7.08. The van der Waals surface area contributed by atoms with Crippen LogP contribution >= 0.6 is 15.9 Å². The van der Waals surface area contributed by atoms with Crippen LogP contribution in [0.5, 0.6) is 0 Å². The highest BCUT2D eigenvalue weighted by Crippen LogP contribution is 2.12. The zero-order valence-electron chi connectivity index (χ0n) is 11.0. The first kappa shape index (κ1) is 15.0. The molecule has 3 nitrogen and oxygen atoms in total. The molecule has 0 saturated carbocycles. The monoisotopic (exact) mass is 311 g/mol. The van der Waals surface area contributed by atoms with E-state index in [4.69, 9.17) is 5.73 Å². The highest BCUT2D eigenvalue weighted by atomic mass is 79.9. The number of rotatable bonds is 7. The van der Waals surface area contributed by atoms with Gasteiger partial charge in [0.05, 0.1) is 0 Å². The Morgan fingerprint density at radius 1 is 1.39 bits per heavy atom. The average Bonchev–Trinajstić information content (AvgIpc) is 2.35. The minimum atomic E-state index is 0.567. The number of aliphatic imine (C=N–C) groups is 1. The van der Waals surface area contributed by atoms with Gasteiger partial charge in [-0.2, -0.15) is 0 Å². The molecule has 18 heavy (non-hydrogen) atoms. The van der Waals surface area contributed by atoms with Crippen LogP contribution in [0.2, 0.25) is 0 Å². The van der Waals surface area contributed by atoms with E-state index in [0.717, 1.165) is 36.8 Å². The number of nitrogens with zero attached hydrogens (tertiary/aromatic N) is 1. The second-order valence-electron chi connectivity index (χ2n) is 4.28. The Balaban J connectivity index is 2.19. The van der Waals surface area contributed by atoms with E-state index in [1.807, 2.05) is 6.07 Å². The van der Waals surface area contributed by atoms with Gasteiger partial charge in [-0.15, -0.1) is 0 Å². The van der Waals surface area contributed by atoms with Crippen LogP contribution in [-0.2, 0) is 6.42 Å². The number of aryl methyl sites for hydroxylation is 1. The third kappa shape index (κ3) is 6.64. The van der Waals surface area contributed by atoms with Gasteiger partial charge < -0.3 is 11.1 Å². The van der Waals surface area contributed by atoms with Crippen LogP contribution in [0.25, 0.3) is 0 Å². The summed E-state index contributed by atoms with van der Waals surface area (Å²) in [5.74, 6) is 0.567. The van der Waals surface area contributed by atoms with Gasteiger partial charge in [0.15, 0.2) is 5.96 Å². The predicted octanol–water partition coefficient (Wildman–Crippen LogP) is 3.09. The Labute approximate surface area is 118 Å². The van der Waals surface area contributed by atoms with Crippen molar-refractivity contribution in [2.75, 3.05) is 13.1 Å². The molecular weight excluding hydrogens is 290 g/mol. The summed E-state index contributed by atoms with van der Waals surface area (Å²) in [5, 5.41) is 3.11. The number of nitrogens with one attached hydrogen (secondary N) is 1. The maximum absolute atomic E-state index is 5.75. The van der Waals surface area contributed by atoms with Crippen molar-refractivity contribution in [1.82, 2.24) is 5.32 Å². The first-order valence-electron chi connectivity index (χ1n) is 6.50. The molecule has 0 aliphatic rings. The van der Waals surface area contributed by atoms with E-state index in [9.17, 15) is 0 Å². The average molecular weight is 312 g/mol. The predicted molar refractivity (Wildman–Crippen MR) is 81.9 cm³/mol. The Morgan fingerprint density at radius 2 is 2.22 bits per heavy atom. The van der Waals surface area contributed by atoms with Gasteiger partial charge in [-0.1, -0.05) is 41.4 Å². The number of unbranched alkanes of at least 4 members (excludes halogenated alkanes) is 1. The summed E-state index contributed by atoms with van der Waals surface area (Å²) in [4.78, 5) is 4.31. The summed E-state index contributed by atoms with van der Waals surface area (Å²) >= 11 is 3.47. The summed E-state index contributed by atoms with van der Waals surface area (Å²) < 4.78 is 1.13. The van der Waals surface area contributed by atoms with Crippen LogP contribution in [0.4, 0.5) is 0 Å². The Morgan fingerprint density at radius 3 is 2.94 bits per heavy atom. The smallest absolute Gasteiger partial charge is 0.188 e. The molecule has 0 aromatic heterocycles. The van der Waals surface area contributed by atoms with Gasteiger partial charge in [-0.25, -0.2) is 0 Å². The van der Waals surface area contributed by atoms with Crippen LogP contribution in [0, 0.1) is 0 Å². The second kappa shape index (κ2) is 8.97. The van der Waals surface area contributed by atoms with E-state index >= 15 is 0 Å². The SMILES string of the molecule is CCCCNC(N)=NCCCc1cccc(Br)c1. The lowest BCUT2D eigenvalue weighted by Gasteiger charge is -2.04. The van der Waals surface area contributed by atoms with Gasteiger partial charge in [0.2, 0.25) is 0 Å². The fraction of sp³-hybridized carbons (Fsp3) is 0.500. The molecule has 0 amide bonds. The summed E-state index contributed by atoms with van der Waals surface area (Å²) in [6.45, 7) is 3.85. The quantitative estimate of drug-likeness (QED) is 0.462. The van der Waals surface area contributed by atoms with E-state index in [1.165, 1.54) is 12.0 Å². The van der Waals surface area contributed by atoms with Gasteiger partial charge in [0.1, 0.15) is 0 Å². The van der Waals surface area contributed by atoms with Gasteiger partial charge >= 0.3 is 0 Å². The highest BCUT2D eigenvalue weighted by Gasteiger charge is 1.95. The minimum Gasteiger partial charge on any atom is -0.370 e. The fourth-order valence-electron chi connectivity index (χ4n) is 1.62. The van der Waals surface area contributed by atoms with Crippen molar-refractivity contribution in [1.29, 1.82) is 0 Å². The van der Waals surface area contributed by atoms with Crippen LogP contribution in [0.1, 0.15) is 31.7 Å². The van der Waals surface area contributed by atoms with Crippen molar-refractivity contribution in [2.24, 2.45) is 10.7 Å². The maximum Gasteiger partial charge on any atom is 0.188 e. The zero-order valence-corrected chi connectivity index (χ0v) is 12.5. The normalized spacial score (nSPS) is 11.6. The topological polar surface area (TPSA) is 50.4 Å². The molecule has 0 aliphatic carbocycles. The molecule has 0 radical (unpaired) electrons. The molecule has 1 aromatic rings. The Kier molecular flexibility index (Phi) is 7.49. The standard InChI is InChI=1S/C14H22BrN3/c1-2-3-9-17-14(16)18-10-5-7-12-6-4-8-13(15)11-12/h4,6,8,11H,2-3,5,7,9-10H2,1H3,(H3,16,17,18). The lowest BCUT2D eigenvalue weighted by molar-refractivity contribution is 0.744. The van der Waals surface area contributed by atoms with E-state index in [1.54, 1.807) is 0 Å². The van der Waals surface area contributed by atoms with E-state index in [2.05, 4.69) is 51.4 Å². The highest BCUT2D eigenvalue weighted by molar-refractivity contribution is 9.10. The van der Waals surface area contributed by atoms with Crippen molar-refractivity contribution in [3.05, 3.63) is 34.3 Å². The maximum atomic E-state index is 5.75. The molecule has 0 atom stereocenters. The number of hydrogen-bond donors (Lipinski definition) is 2. The van der Waals surface area contributed by atoms with E-state index in [0.29, 0.717) is 5.96 Å². The van der Waals surface area contributed by atoms with Gasteiger partial charge in [0.25, 0.3) is 0 Å². The van der Waals surface area contributed by atoms with Gasteiger partial charge in [-0.05, 0) is 37.0 Å². The van der Waals surface area contributed by atoms with Crippen molar-refractivity contribution in [3.8, 4) is 0 Å². The Bertz CT molecular complexity index is 377. The molecule has 0 fully saturated rings. The lowest BCUT2D eigenvalue weighted by Crippen LogP contribution is -2.32. The molecule has 4 heteroatoms. The van der Waals surface area contributed by atoms with E-state index < -0.39 is 0 Å².